The van der Waals surface area contributed by atoms with E-state index in [4.69, 9.17) is 0 Å². The third kappa shape index (κ3) is 4.49. The fourth-order valence-electron chi connectivity index (χ4n) is 2.88. The lowest BCUT2D eigenvalue weighted by atomic mass is 10.2. The third-order valence-corrected chi connectivity index (χ3v) is 7.93. The van der Waals surface area contributed by atoms with Crippen LogP contribution in [-0.2, 0) is 27.7 Å². The standard InChI is InChI=1S/C18H23N3O3S2/c1-20(13-9-15-6-2-3-10-19-15)17(22)14-16-7-8-18(25-16)26(23,24)21-11-4-5-12-21/h2-3,6-8,10H,4-5,9,11-14H2,1H3. The minimum absolute atomic E-state index is 0.0205. The van der Waals surface area contributed by atoms with Crippen LogP contribution in [0.1, 0.15) is 23.4 Å². The second-order valence-electron chi connectivity index (χ2n) is 6.40. The Balaban J connectivity index is 1.57. The van der Waals surface area contributed by atoms with E-state index >= 15 is 0 Å². The normalized spacial score (nSPS) is 15.3. The van der Waals surface area contributed by atoms with Gasteiger partial charge in [-0.25, -0.2) is 8.42 Å². The highest BCUT2D eigenvalue weighted by molar-refractivity contribution is 7.91. The van der Waals surface area contributed by atoms with E-state index in [9.17, 15) is 13.2 Å². The van der Waals surface area contributed by atoms with Gasteiger partial charge in [0.2, 0.25) is 5.91 Å². The van der Waals surface area contributed by atoms with Gasteiger partial charge in [0.15, 0.2) is 0 Å². The van der Waals surface area contributed by atoms with Crippen molar-refractivity contribution in [1.29, 1.82) is 0 Å². The van der Waals surface area contributed by atoms with Gasteiger partial charge in [-0.2, -0.15) is 4.31 Å². The summed E-state index contributed by atoms with van der Waals surface area (Å²) < 4.78 is 27.0. The summed E-state index contributed by atoms with van der Waals surface area (Å²) in [6.07, 6.45) is 4.49. The highest BCUT2D eigenvalue weighted by Crippen LogP contribution is 2.27. The van der Waals surface area contributed by atoms with E-state index in [1.54, 1.807) is 30.3 Å². The van der Waals surface area contributed by atoms with Gasteiger partial charge < -0.3 is 4.90 Å². The quantitative estimate of drug-likeness (QED) is 0.723. The molecular weight excluding hydrogens is 370 g/mol. The van der Waals surface area contributed by atoms with Gasteiger partial charge >= 0.3 is 0 Å². The summed E-state index contributed by atoms with van der Waals surface area (Å²) in [6, 6.07) is 9.10. The van der Waals surface area contributed by atoms with E-state index in [0.29, 0.717) is 30.3 Å². The number of hydrogen-bond donors (Lipinski definition) is 0. The molecule has 1 aliphatic rings. The van der Waals surface area contributed by atoms with E-state index in [2.05, 4.69) is 4.98 Å². The van der Waals surface area contributed by atoms with E-state index in [-0.39, 0.29) is 12.3 Å². The van der Waals surface area contributed by atoms with Gasteiger partial charge in [0.1, 0.15) is 4.21 Å². The summed E-state index contributed by atoms with van der Waals surface area (Å²) in [5.74, 6) is -0.0205. The maximum atomic E-state index is 12.6. The smallest absolute Gasteiger partial charge is 0.252 e. The van der Waals surface area contributed by atoms with E-state index in [1.807, 2.05) is 18.2 Å². The Bertz CT molecular complexity index is 844. The molecule has 0 saturated carbocycles. The average molecular weight is 394 g/mol. The second-order valence-corrected chi connectivity index (χ2v) is 9.73. The fraction of sp³-hybridized carbons (Fsp3) is 0.444. The zero-order chi connectivity index (χ0) is 18.6. The molecule has 2 aromatic rings. The molecule has 1 fully saturated rings. The van der Waals surface area contributed by atoms with Crippen LogP contribution in [0.5, 0.6) is 0 Å². The van der Waals surface area contributed by atoms with Crippen molar-refractivity contribution in [3.05, 3.63) is 47.1 Å². The Morgan fingerprint density at radius 2 is 2.00 bits per heavy atom. The number of hydrogen-bond acceptors (Lipinski definition) is 5. The van der Waals surface area contributed by atoms with Gasteiger partial charge in [-0.15, -0.1) is 11.3 Å². The zero-order valence-electron chi connectivity index (χ0n) is 14.8. The van der Waals surface area contributed by atoms with E-state index in [0.717, 1.165) is 23.4 Å². The zero-order valence-corrected chi connectivity index (χ0v) is 16.4. The molecule has 0 spiro atoms. The van der Waals surface area contributed by atoms with Crippen LogP contribution in [0.15, 0.2) is 40.7 Å². The number of nitrogens with zero attached hydrogens (tertiary/aromatic N) is 3. The molecule has 1 amide bonds. The van der Waals surface area contributed by atoms with Crippen molar-refractivity contribution in [2.45, 2.75) is 29.9 Å². The van der Waals surface area contributed by atoms with Gasteiger partial charge in [0, 0.05) is 49.9 Å². The highest BCUT2D eigenvalue weighted by atomic mass is 32.2. The molecule has 1 saturated heterocycles. The van der Waals surface area contributed by atoms with Gasteiger partial charge in [-0.3, -0.25) is 9.78 Å². The van der Waals surface area contributed by atoms with Crippen molar-refractivity contribution < 1.29 is 13.2 Å². The molecule has 26 heavy (non-hydrogen) atoms. The lowest BCUT2D eigenvalue weighted by molar-refractivity contribution is -0.129. The number of aromatic nitrogens is 1. The Hall–Kier alpha value is -1.77. The number of carbonyl (C=O) groups excluding carboxylic acids is 1. The maximum Gasteiger partial charge on any atom is 0.252 e. The highest BCUT2D eigenvalue weighted by Gasteiger charge is 2.28. The van der Waals surface area contributed by atoms with Crippen LogP contribution in [0.2, 0.25) is 0 Å². The first-order valence-corrected chi connectivity index (χ1v) is 11.0. The molecule has 0 bridgehead atoms. The number of rotatable bonds is 7. The summed E-state index contributed by atoms with van der Waals surface area (Å²) >= 11 is 1.20. The summed E-state index contributed by atoms with van der Waals surface area (Å²) in [5, 5.41) is 0. The van der Waals surface area contributed by atoms with Gasteiger partial charge in [0.05, 0.1) is 6.42 Å². The first kappa shape index (κ1) is 19.0. The van der Waals surface area contributed by atoms with Crippen LogP contribution in [-0.4, -0.2) is 55.2 Å². The number of amides is 1. The molecule has 2 aromatic heterocycles. The van der Waals surface area contributed by atoms with Crippen LogP contribution >= 0.6 is 11.3 Å². The van der Waals surface area contributed by atoms with E-state index < -0.39 is 10.0 Å². The molecule has 0 radical (unpaired) electrons. The van der Waals surface area contributed by atoms with Crippen LogP contribution in [0, 0.1) is 0 Å². The molecule has 0 aromatic carbocycles. The molecule has 0 aliphatic carbocycles. The van der Waals surface area contributed by atoms with E-state index in [1.165, 1.54) is 15.6 Å². The van der Waals surface area contributed by atoms with Crippen molar-refractivity contribution in [2.75, 3.05) is 26.7 Å². The first-order chi connectivity index (χ1) is 12.5. The minimum atomic E-state index is -3.40. The number of likely N-dealkylation sites (N-methyl/N-ethyl adjacent to an activating group) is 1. The average Bonchev–Trinajstić information content (AvgIpc) is 3.33. The largest absolute Gasteiger partial charge is 0.345 e. The molecule has 8 heteroatoms. The lowest BCUT2D eigenvalue weighted by Crippen LogP contribution is -2.30. The molecule has 1 aliphatic heterocycles. The third-order valence-electron chi connectivity index (χ3n) is 4.48. The minimum Gasteiger partial charge on any atom is -0.345 e. The van der Waals surface area contributed by atoms with Gasteiger partial charge in [0.25, 0.3) is 10.0 Å². The summed E-state index contributed by atoms with van der Waals surface area (Å²) in [7, 11) is -1.64. The van der Waals surface area contributed by atoms with Crippen molar-refractivity contribution in [3.63, 3.8) is 0 Å². The molecular formula is C18H23N3O3S2. The summed E-state index contributed by atoms with van der Waals surface area (Å²) in [4.78, 5) is 19.1. The molecule has 6 nitrogen and oxygen atoms in total. The Morgan fingerprint density at radius 3 is 2.69 bits per heavy atom. The Labute approximate surface area is 158 Å². The Kier molecular flexibility index (Phi) is 6.05. The van der Waals surface area contributed by atoms with Crippen LogP contribution in [0.4, 0.5) is 0 Å². The lowest BCUT2D eigenvalue weighted by Gasteiger charge is -2.16. The Morgan fingerprint density at radius 1 is 1.23 bits per heavy atom. The molecule has 3 rings (SSSR count). The predicted octanol–water partition coefficient (Wildman–Crippen LogP) is 2.17. The summed E-state index contributed by atoms with van der Waals surface area (Å²) in [5.41, 5.74) is 0.947. The topological polar surface area (TPSA) is 70.6 Å². The number of thiophene rings is 1. The maximum absolute atomic E-state index is 12.6. The monoisotopic (exact) mass is 393 g/mol. The van der Waals surface area contributed by atoms with Gasteiger partial charge in [-0.1, -0.05) is 6.07 Å². The summed E-state index contributed by atoms with van der Waals surface area (Å²) in [6.45, 7) is 1.76. The molecule has 3 heterocycles. The SMILES string of the molecule is CN(CCc1ccccn1)C(=O)Cc1ccc(S(=O)(=O)N2CCCC2)s1. The molecule has 0 N–H and O–H groups in total. The van der Waals surface area contributed by atoms with Crippen molar-refractivity contribution in [1.82, 2.24) is 14.2 Å². The van der Waals surface area contributed by atoms with Gasteiger partial charge in [-0.05, 0) is 37.1 Å². The molecule has 0 unspecified atom stereocenters. The van der Waals surface area contributed by atoms with Crippen molar-refractivity contribution >= 4 is 27.3 Å². The number of pyridine rings is 1. The van der Waals surface area contributed by atoms with Crippen LogP contribution < -0.4 is 0 Å². The fourth-order valence-corrected chi connectivity index (χ4v) is 5.90. The number of carbonyl (C=O) groups is 1. The number of sulfonamides is 1. The molecule has 0 atom stereocenters. The molecule has 140 valence electrons. The van der Waals surface area contributed by atoms with Crippen molar-refractivity contribution in [2.24, 2.45) is 0 Å². The van der Waals surface area contributed by atoms with Crippen LogP contribution in [0.3, 0.4) is 0 Å². The van der Waals surface area contributed by atoms with Crippen molar-refractivity contribution in [3.8, 4) is 0 Å². The second kappa shape index (κ2) is 8.28. The predicted molar refractivity (Wildman–Crippen MR) is 102 cm³/mol. The first-order valence-electron chi connectivity index (χ1n) is 8.69. The van der Waals surface area contributed by atoms with Crippen LogP contribution in [0.25, 0.3) is 0 Å².